The van der Waals surface area contributed by atoms with E-state index in [0.717, 1.165) is 43.3 Å². The lowest BCUT2D eigenvalue weighted by Crippen LogP contribution is -2.43. The minimum atomic E-state index is -2.90. The van der Waals surface area contributed by atoms with Crippen molar-refractivity contribution in [3.8, 4) is 0 Å². The van der Waals surface area contributed by atoms with Gasteiger partial charge < -0.3 is 19.3 Å². The van der Waals surface area contributed by atoms with E-state index in [1.807, 2.05) is 0 Å². The Morgan fingerprint density at radius 3 is 2.31 bits per heavy atom. The van der Waals surface area contributed by atoms with E-state index in [1.54, 1.807) is 0 Å². The van der Waals surface area contributed by atoms with Crippen molar-refractivity contribution in [1.29, 1.82) is 0 Å². The number of ether oxygens (including phenoxy) is 2. The highest BCUT2D eigenvalue weighted by atomic mass is 32.2. The zero-order valence-electron chi connectivity index (χ0n) is 19.0. The molecular weight excluding hydrogens is 392 g/mol. The van der Waals surface area contributed by atoms with E-state index >= 15 is 0 Å². The largest absolute Gasteiger partial charge is 0.379 e. The topological polar surface area (TPSA) is 81.7 Å². The third-order valence-electron chi connectivity index (χ3n) is 4.43. The predicted molar refractivity (Wildman–Crippen MR) is 119 cm³/mol. The van der Waals surface area contributed by atoms with Crippen LogP contribution < -0.4 is 5.32 Å². The first-order valence-corrected chi connectivity index (χ1v) is 12.8. The van der Waals surface area contributed by atoms with Gasteiger partial charge in [-0.05, 0) is 19.3 Å². The Kier molecular flexibility index (Phi) is 16.2. The number of hydrogen-bond donors (Lipinski definition) is 1. The fourth-order valence-electron chi connectivity index (χ4n) is 2.74. The molecule has 0 unspecified atom stereocenters. The maximum atomic E-state index is 11.8. The summed E-state index contributed by atoms with van der Waals surface area (Å²) < 4.78 is 33.9. The second-order valence-electron chi connectivity index (χ2n) is 8.14. The van der Waals surface area contributed by atoms with E-state index in [4.69, 9.17) is 9.47 Å². The molecule has 0 bridgehead atoms. The molecule has 0 aromatic heterocycles. The van der Waals surface area contributed by atoms with E-state index in [9.17, 15) is 13.2 Å². The van der Waals surface area contributed by atoms with E-state index in [1.165, 1.54) is 12.7 Å². The molecule has 0 heterocycles. The summed E-state index contributed by atoms with van der Waals surface area (Å²) in [6.45, 7) is 6.14. The number of carbonyl (C=O) groups is 1. The van der Waals surface area contributed by atoms with Gasteiger partial charge in [-0.25, -0.2) is 8.42 Å². The number of nitrogens with one attached hydrogen (secondary N) is 1. The Morgan fingerprint density at radius 2 is 1.62 bits per heavy atom. The van der Waals surface area contributed by atoms with Crippen LogP contribution in [0.2, 0.25) is 0 Å². The summed E-state index contributed by atoms with van der Waals surface area (Å²) in [6, 6.07) is 0. The fourth-order valence-corrected chi connectivity index (χ4v) is 3.40. The molecule has 0 spiro atoms. The van der Waals surface area contributed by atoms with Gasteiger partial charge in [-0.2, -0.15) is 0 Å². The van der Waals surface area contributed by atoms with Gasteiger partial charge in [-0.1, -0.05) is 25.5 Å². The molecule has 0 aliphatic rings. The zero-order chi connectivity index (χ0) is 22.0. The van der Waals surface area contributed by atoms with Crippen molar-refractivity contribution in [2.75, 3.05) is 72.2 Å². The van der Waals surface area contributed by atoms with Gasteiger partial charge in [-0.15, -0.1) is 0 Å². The molecule has 1 N–H and O–H groups in total. The van der Waals surface area contributed by atoms with E-state index in [-0.39, 0.29) is 18.3 Å². The summed E-state index contributed by atoms with van der Waals surface area (Å²) in [5.41, 5.74) is 0. The maximum absolute atomic E-state index is 11.8. The number of allylic oxidation sites excluding steroid dienone is 2. The quantitative estimate of drug-likeness (QED) is 0.191. The smallest absolute Gasteiger partial charge is 0.246 e. The summed E-state index contributed by atoms with van der Waals surface area (Å²) in [7, 11) is 1.26. The summed E-state index contributed by atoms with van der Waals surface area (Å²) >= 11 is 0. The first kappa shape index (κ1) is 28.0. The Bertz CT molecular complexity index is 547. The lowest BCUT2D eigenvalue weighted by Gasteiger charge is -2.29. The second-order valence-corrected chi connectivity index (χ2v) is 10.4. The maximum Gasteiger partial charge on any atom is 0.246 e. The highest BCUT2D eigenvalue weighted by Crippen LogP contribution is 2.02. The number of carbonyl (C=O) groups excluding carboxylic acids is 1. The summed E-state index contributed by atoms with van der Waals surface area (Å²) in [5.74, 6) is 0.107. The summed E-state index contributed by atoms with van der Waals surface area (Å²) in [6.07, 6.45) is 11.5. The Hall–Kier alpha value is -0.960. The third-order valence-corrected chi connectivity index (χ3v) is 5.46. The van der Waals surface area contributed by atoms with Crippen LogP contribution in [0, 0.1) is 0 Å². The Morgan fingerprint density at radius 1 is 0.966 bits per heavy atom. The van der Waals surface area contributed by atoms with Crippen LogP contribution in [0.3, 0.4) is 0 Å². The molecule has 8 heteroatoms. The molecule has 0 atom stereocenters. The molecule has 0 aliphatic heterocycles. The molecule has 0 saturated heterocycles. The van der Waals surface area contributed by atoms with Gasteiger partial charge >= 0.3 is 0 Å². The number of hydrogen-bond acceptors (Lipinski definition) is 5. The SMILES string of the molecule is CCC/C=C\CCCOCCOCC(=O)NCCC[N+](C)(C)CCCS(C)(=O)=O. The van der Waals surface area contributed by atoms with E-state index < -0.39 is 9.84 Å². The lowest BCUT2D eigenvalue weighted by molar-refractivity contribution is -0.890. The van der Waals surface area contributed by atoms with E-state index in [0.29, 0.717) is 32.8 Å². The normalized spacial score (nSPS) is 12.6. The third kappa shape index (κ3) is 21.6. The minimum absolute atomic E-state index is 0.0513. The van der Waals surface area contributed by atoms with Crippen LogP contribution in [0.25, 0.3) is 0 Å². The number of sulfone groups is 1. The number of amides is 1. The van der Waals surface area contributed by atoms with Gasteiger partial charge in [0.25, 0.3) is 0 Å². The van der Waals surface area contributed by atoms with Crippen LogP contribution in [0.4, 0.5) is 0 Å². The molecular formula is C21H43N2O5S+. The summed E-state index contributed by atoms with van der Waals surface area (Å²) in [4.78, 5) is 11.8. The van der Waals surface area contributed by atoms with Crippen LogP contribution in [0.15, 0.2) is 12.2 Å². The van der Waals surface area contributed by atoms with Crippen molar-refractivity contribution in [2.24, 2.45) is 0 Å². The van der Waals surface area contributed by atoms with Crippen molar-refractivity contribution in [3.63, 3.8) is 0 Å². The molecule has 0 saturated carbocycles. The van der Waals surface area contributed by atoms with Gasteiger partial charge in [0.15, 0.2) is 0 Å². The highest BCUT2D eigenvalue weighted by Gasteiger charge is 2.15. The Balaban J connectivity index is 3.53. The van der Waals surface area contributed by atoms with Gasteiger partial charge in [0.2, 0.25) is 5.91 Å². The first-order chi connectivity index (χ1) is 13.7. The van der Waals surface area contributed by atoms with Gasteiger partial charge in [-0.3, -0.25) is 4.79 Å². The molecule has 0 fully saturated rings. The van der Waals surface area contributed by atoms with Crippen molar-refractivity contribution in [2.45, 2.75) is 45.4 Å². The molecule has 0 aliphatic carbocycles. The Labute approximate surface area is 178 Å². The molecule has 172 valence electrons. The van der Waals surface area contributed by atoms with Crippen molar-refractivity contribution in [3.05, 3.63) is 12.2 Å². The number of rotatable bonds is 19. The first-order valence-electron chi connectivity index (χ1n) is 10.7. The van der Waals surface area contributed by atoms with Gasteiger partial charge in [0, 0.05) is 32.2 Å². The average molecular weight is 436 g/mol. The second kappa shape index (κ2) is 16.8. The van der Waals surface area contributed by atoms with Crippen LogP contribution in [-0.4, -0.2) is 91.0 Å². The van der Waals surface area contributed by atoms with Crippen LogP contribution in [0.1, 0.15) is 45.4 Å². The van der Waals surface area contributed by atoms with E-state index in [2.05, 4.69) is 38.5 Å². The zero-order valence-corrected chi connectivity index (χ0v) is 19.8. The molecule has 0 aromatic rings. The van der Waals surface area contributed by atoms with Crippen LogP contribution in [0.5, 0.6) is 0 Å². The average Bonchev–Trinajstić information content (AvgIpc) is 2.62. The van der Waals surface area contributed by atoms with Crippen molar-refractivity contribution in [1.82, 2.24) is 5.32 Å². The van der Waals surface area contributed by atoms with Crippen LogP contribution in [-0.2, 0) is 24.1 Å². The molecule has 7 nitrogen and oxygen atoms in total. The number of quaternary nitrogens is 1. The highest BCUT2D eigenvalue weighted by molar-refractivity contribution is 7.90. The lowest BCUT2D eigenvalue weighted by atomic mass is 10.2. The molecule has 1 amide bonds. The summed E-state index contributed by atoms with van der Waals surface area (Å²) in [5, 5.41) is 2.85. The minimum Gasteiger partial charge on any atom is -0.379 e. The predicted octanol–water partition coefficient (Wildman–Crippen LogP) is 2.17. The number of nitrogens with zero attached hydrogens (tertiary/aromatic N) is 1. The van der Waals surface area contributed by atoms with Crippen molar-refractivity contribution < 1.29 is 27.2 Å². The van der Waals surface area contributed by atoms with Crippen molar-refractivity contribution >= 4 is 15.7 Å². The fraction of sp³-hybridized carbons (Fsp3) is 0.857. The molecule has 0 radical (unpaired) electrons. The van der Waals surface area contributed by atoms with Gasteiger partial charge in [0.05, 0.1) is 46.2 Å². The number of unbranched alkanes of at least 4 members (excludes halogenated alkanes) is 2. The molecule has 0 aromatic carbocycles. The standard InChI is InChI=1S/C21H42N2O5S/c1-5-6-7-8-9-10-16-27-17-18-28-20-21(24)22-13-11-14-23(2,3)15-12-19-29(4,25)26/h7-8H,5-6,9-20H2,1-4H3/p+1/b8-7-. The van der Waals surface area contributed by atoms with Gasteiger partial charge in [0.1, 0.15) is 16.4 Å². The molecule has 0 rings (SSSR count). The monoisotopic (exact) mass is 435 g/mol. The molecule has 29 heavy (non-hydrogen) atoms. The van der Waals surface area contributed by atoms with Crippen LogP contribution >= 0.6 is 0 Å².